The number of amides is 1. The zero-order valence-electron chi connectivity index (χ0n) is 17.2. The van der Waals surface area contributed by atoms with Crippen LogP contribution in [0, 0.1) is 11.3 Å². The smallest absolute Gasteiger partial charge is 0.325 e. The van der Waals surface area contributed by atoms with Crippen molar-refractivity contribution < 1.29 is 18.4 Å². The fraction of sp³-hybridized carbons (Fsp3) is 0.824. The number of hydrogen-bond donors (Lipinski definition) is 2. The highest BCUT2D eigenvalue weighted by Crippen LogP contribution is 2.17. The molecule has 1 fully saturated rings. The predicted octanol–water partition coefficient (Wildman–Crippen LogP) is 2.67. The second kappa shape index (κ2) is 10.2. The van der Waals surface area contributed by atoms with Crippen LogP contribution in [0.15, 0.2) is 0 Å². The number of rotatable bonds is 0. The molecule has 0 unspecified atom stereocenters. The summed E-state index contributed by atoms with van der Waals surface area (Å²) in [7, 11) is 0. The van der Waals surface area contributed by atoms with Crippen molar-refractivity contribution in [3.05, 3.63) is 0 Å². The lowest BCUT2D eigenvalue weighted by Gasteiger charge is -2.23. The van der Waals surface area contributed by atoms with Crippen LogP contribution in [0.1, 0.15) is 69.3 Å². The molecule has 0 aliphatic carbocycles. The first kappa shape index (κ1) is 15.0. The number of nitrogens with one attached hydrogen (secondary N) is 2. The van der Waals surface area contributed by atoms with Crippen LogP contribution >= 0.6 is 0 Å². The van der Waals surface area contributed by atoms with Gasteiger partial charge in [0.1, 0.15) is 12.6 Å². The highest BCUT2D eigenvalue weighted by Gasteiger charge is 2.19. The summed E-state index contributed by atoms with van der Waals surface area (Å²) in [5.41, 5.74) is 0. The van der Waals surface area contributed by atoms with E-state index >= 15 is 0 Å². The van der Waals surface area contributed by atoms with Crippen molar-refractivity contribution in [3.63, 3.8) is 0 Å². The Morgan fingerprint density at radius 2 is 1.83 bits per heavy atom. The zero-order valence-corrected chi connectivity index (χ0v) is 14.2. The van der Waals surface area contributed by atoms with E-state index in [1.807, 2.05) is 6.92 Å². The van der Waals surface area contributed by atoms with Gasteiger partial charge in [0.15, 0.2) is 5.96 Å². The van der Waals surface area contributed by atoms with Gasteiger partial charge in [-0.3, -0.25) is 20.3 Å². The standard InChI is InChI=1S/C17H31N3O3/c1-13-10-8-6-4-5-7-9-11-15(21)19-17(18)20(3)12-16(22)23-14(13)2/h13-14H,4-12H2,1-3H3,(H2,18,19,21)/t13-,14+/m1/s1/i3D3. The average Bonchev–Trinajstić information content (AvgIpc) is 2.52. The van der Waals surface area contributed by atoms with Gasteiger partial charge in [0.05, 0.1) is 0 Å². The van der Waals surface area contributed by atoms with Crippen LogP contribution in [0.4, 0.5) is 0 Å². The van der Waals surface area contributed by atoms with E-state index in [1.54, 1.807) is 6.92 Å². The molecule has 0 aromatic carbocycles. The van der Waals surface area contributed by atoms with E-state index in [2.05, 4.69) is 5.32 Å². The number of likely N-dealkylation sites (N-methyl/N-ethyl adjacent to an activating group) is 1. The van der Waals surface area contributed by atoms with Gasteiger partial charge in [0, 0.05) is 17.5 Å². The van der Waals surface area contributed by atoms with Crippen molar-refractivity contribution in [2.45, 2.75) is 71.3 Å². The van der Waals surface area contributed by atoms with Crippen LogP contribution in [0.5, 0.6) is 0 Å². The minimum absolute atomic E-state index is 0.176. The first-order chi connectivity index (χ1) is 12.1. The fourth-order valence-electron chi connectivity index (χ4n) is 2.52. The Labute approximate surface area is 143 Å². The van der Waals surface area contributed by atoms with Gasteiger partial charge < -0.3 is 9.64 Å². The molecule has 0 bridgehead atoms. The first-order valence-electron chi connectivity index (χ1n) is 9.96. The van der Waals surface area contributed by atoms with Gasteiger partial charge in [-0.15, -0.1) is 0 Å². The van der Waals surface area contributed by atoms with Crippen LogP contribution in [-0.2, 0) is 14.3 Å². The monoisotopic (exact) mass is 328 g/mol. The summed E-state index contributed by atoms with van der Waals surface area (Å²) in [6.07, 6.45) is 6.77. The topological polar surface area (TPSA) is 82.5 Å². The largest absolute Gasteiger partial charge is 0.461 e. The maximum absolute atomic E-state index is 12.1. The second-order valence-electron chi connectivity index (χ2n) is 6.32. The molecule has 1 heterocycles. The molecule has 0 radical (unpaired) electrons. The van der Waals surface area contributed by atoms with E-state index in [-0.39, 0.29) is 18.4 Å². The molecule has 0 aromatic rings. The molecule has 132 valence electrons. The number of ether oxygens (including phenoxy) is 1. The van der Waals surface area contributed by atoms with Crippen LogP contribution in [0.25, 0.3) is 0 Å². The highest BCUT2D eigenvalue weighted by atomic mass is 16.5. The Balaban J connectivity index is 2.84. The SMILES string of the molecule is [2H]C([2H])([2H])N1CC(=O)O[C@@H](C)[C@H](C)CCCCCCCCC(=O)NC1=N. The molecule has 2 N–H and O–H groups in total. The second-order valence-corrected chi connectivity index (χ2v) is 6.32. The van der Waals surface area contributed by atoms with E-state index in [4.69, 9.17) is 14.3 Å². The maximum Gasteiger partial charge on any atom is 0.325 e. The van der Waals surface area contributed by atoms with Crippen molar-refractivity contribution in [1.82, 2.24) is 10.2 Å². The molecule has 6 nitrogen and oxygen atoms in total. The number of nitrogens with zero attached hydrogens (tertiary/aromatic N) is 1. The molecule has 1 aliphatic heterocycles. The summed E-state index contributed by atoms with van der Waals surface area (Å²) in [5, 5.41) is 10.2. The summed E-state index contributed by atoms with van der Waals surface area (Å²) in [4.78, 5) is 24.6. The van der Waals surface area contributed by atoms with Gasteiger partial charge in [0.25, 0.3) is 0 Å². The predicted molar refractivity (Wildman–Crippen MR) is 90.2 cm³/mol. The molecule has 1 rings (SSSR count). The molecule has 2 atom stereocenters. The van der Waals surface area contributed by atoms with Gasteiger partial charge in [-0.05, 0) is 25.7 Å². The van der Waals surface area contributed by atoms with Gasteiger partial charge in [0.2, 0.25) is 5.91 Å². The van der Waals surface area contributed by atoms with Gasteiger partial charge in [-0.2, -0.15) is 0 Å². The van der Waals surface area contributed by atoms with Crippen LogP contribution in [0.3, 0.4) is 0 Å². The van der Waals surface area contributed by atoms with Gasteiger partial charge in [-0.1, -0.05) is 39.0 Å². The molecule has 0 saturated carbocycles. The minimum Gasteiger partial charge on any atom is -0.461 e. The molecular weight excluding hydrogens is 294 g/mol. The molecular formula is C17H31N3O3. The summed E-state index contributed by atoms with van der Waals surface area (Å²) in [6, 6.07) is 0. The normalized spacial score (nSPS) is 29.6. The summed E-state index contributed by atoms with van der Waals surface area (Å²) in [5.74, 6) is -1.56. The third-order valence-electron chi connectivity index (χ3n) is 4.25. The van der Waals surface area contributed by atoms with Gasteiger partial charge >= 0.3 is 5.97 Å². The number of carbonyl (C=O) groups is 2. The van der Waals surface area contributed by atoms with E-state index in [9.17, 15) is 9.59 Å². The highest BCUT2D eigenvalue weighted by molar-refractivity contribution is 5.96. The van der Waals surface area contributed by atoms with Gasteiger partial charge in [-0.25, -0.2) is 0 Å². The lowest BCUT2D eigenvalue weighted by Crippen LogP contribution is -2.44. The molecule has 1 amide bonds. The Bertz CT molecular complexity index is 497. The molecule has 1 saturated heterocycles. The lowest BCUT2D eigenvalue weighted by molar-refractivity contribution is -0.150. The van der Waals surface area contributed by atoms with Crippen molar-refractivity contribution in [1.29, 1.82) is 5.41 Å². The summed E-state index contributed by atoms with van der Waals surface area (Å²) < 4.78 is 27.9. The summed E-state index contributed by atoms with van der Waals surface area (Å²) in [6.45, 7) is 0.479. The fourth-order valence-corrected chi connectivity index (χ4v) is 2.52. The molecule has 6 heteroatoms. The van der Waals surface area contributed by atoms with E-state index < -0.39 is 31.4 Å². The van der Waals surface area contributed by atoms with Crippen LogP contribution in [-0.4, -0.2) is 42.4 Å². The average molecular weight is 328 g/mol. The van der Waals surface area contributed by atoms with E-state index in [0.717, 1.165) is 38.5 Å². The van der Waals surface area contributed by atoms with Crippen LogP contribution < -0.4 is 5.32 Å². The molecule has 1 aliphatic rings. The molecule has 0 spiro atoms. The Morgan fingerprint density at radius 3 is 2.52 bits per heavy atom. The maximum atomic E-state index is 12.1. The lowest BCUT2D eigenvalue weighted by atomic mass is 9.97. The van der Waals surface area contributed by atoms with Crippen molar-refractivity contribution in [2.75, 3.05) is 13.5 Å². The van der Waals surface area contributed by atoms with E-state index in [0.29, 0.717) is 11.3 Å². The minimum atomic E-state index is -2.72. The quantitative estimate of drug-likeness (QED) is 0.670. The Hall–Kier alpha value is -1.59. The van der Waals surface area contributed by atoms with Crippen LogP contribution in [0.2, 0.25) is 0 Å². The van der Waals surface area contributed by atoms with E-state index in [1.165, 1.54) is 0 Å². The van der Waals surface area contributed by atoms with Crippen molar-refractivity contribution >= 4 is 17.8 Å². The number of guanidine groups is 1. The summed E-state index contributed by atoms with van der Waals surface area (Å²) >= 11 is 0. The van der Waals surface area contributed by atoms with Crippen molar-refractivity contribution in [3.8, 4) is 0 Å². The number of esters is 1. The third-order valence-corrected chi connectivity index (χ3v) is 4.25. The number of carbonyl (C=O) groups excluding carboxylic acids is 2. The Kier molecular flexibility index (Phi) is 6.66. The first-order valence-corrected chi connectivity index (χ1v) is 8.46. The number of hydrogen-bond acceptors (Lipinski definition) is 4. The zero-order chi connectivity index (χ0) is 19.7. The molecule has 23 heavy (non-hydrogen) atoms. The third kappa shape index (κ3) is 8.00. The van der Waals surface area contributed by atoms with Crippen molar-refractivity contribution in [2.24, 2.45) is 5.92 Å². The number of cyclic esters (lactones) is 1. The molecule has 0 aromatic heterocycles. The Morgan fingerprint density at radius 1 is 1.17 bits per heavy atom.